The third kappa shape index (κ3) is 4.03. The van der Waals surface area contributed by atoms with Crippen molar-refractivity contribution >= 4 is 33.4 Å². The molecule has 1 amide bonds. The molecule has 3 aromatic rings. The number of ketones is 1. The second kappa shape index (κ2) is 8.96. The molecule has 1 aliphatic heterocycles. The third-order valence-corrected chi connectivity index (χ3v) is 5.99. The van der Waals surface area contributed by atoms with E-state index in [0.717, 1.165) is 10.0 Å². The topological polar surface area (TPSA) is 83.8 Å². The molecular formula is C25H21BrN2O4. The number of nitrogens with one attached hydrogen (secondary N) is 1. The molecule has 1 N–H and O–H groups in total. The number of rotatable bonds is 5. The van der Waals surface area contributed by atoms with E-state index in [9.17, 15) is 14.7 Å². The molecule has 0 saturated carbocycles. The van der Waals surface area contributed by atoms with E-state index >= 15 is 0 Å². The van der Waals surface area contributed by atoms with Gasteiger partial charge in [-0.2, -0.15) is 0 Å². The van der Waals surface area contributed by atoms with Crippen LogP contribution in [-0.4, -0.2) is 23.7 Å². The number of aryl methyl sites for hydroxylation is 1. The zero-order chi connectivity index (χ0) is 22.8. The Hall–Kier alpha value is -3.45. The number of Topliss-reactive ketones (excluding diaryl/α,β-unsaturated/α-hetero) is 1. The van der Waals surface area contributed by atoms with Crippen molar-refractivity contribution < 1.29 is 24.4 Å². The highest BCUT2D eigenvalue weighted by molar-refractivity contribution is 9.10. The van der Waals surface area contributed by atoms with Gasteiger partial charge in [0.1, 0.15) is 5.75 Å². The summed E-state index contributed by atoms with van der Waals surface area (Å²) in [5.41, 5.74) is 2.51. The average Bonchev–Trinajstić information content (AvgIpc) is 3.04. The number of carbonyl (C=O) groups is 2. The number of nitrogens with zero attached hydrogens (tertiary/aromatic N) is 1. The smallest absolute Gasteiger partial charge is 0.295 e. The summed E-state index contributed by atoms with van der Waals surface area (Å²) < 4.78 is 6.02. The molecule has 162 valence electrons. The van der Waals surface area contributed by atoms with Crippen molar-refractivity contribution in [3.63, 3.8) is 0 Å². The second-order valence-electron chi connectivity index (χ2n) is 7.56. The molecule has 2 heterocycles. The molecular weight excluding hydrogens is 472 g/mol. The molecule has 1 aliphatic rings. The number of methoxy groups -OCH3 is 1. The number of pyridine rings is 1. The maximum Gasteiger partial charge on any atom is 0.295 e. The normalized spacial score (nSPS) is 17.6. The fourth-order valence-electron chi connectivity index (χ4n) is 3.95. The van der Waals surface area contributed by atoms with Crippen molar-refractivity contribution in [3.8, 4) is 5.75 Å². The lowest BCUT2D eigenvalue weighted by molar-refractivity contribution is -0.378. The monoisotopic (exact) mass is 492 g/mol. The highest BCUT2D eigenvalue weighted by Gasteiger charge is 2.44. The molecule has 2 aromatic carbocycles. The Kier molecular flexibility index (Phi) is 6.10. The lowest BCUT2D eigenvalue weighted by Crippen LogP contribution is -2.29. The fourth-order valence-corrected chi connectivity index (χ4v) is 4.36. The molecule has 1 fully saturated rings. The van der Waals surface area contributed by atoms with E-state index < -0.39 is 23.5 Å². The number of carbonyl (C=O) groups excluding carboxylic acids is 2. The summed E-state index contributed by atoms with van der Waals surface area (Å²) in [7, 11) is 1.55. The number of H-pyrrole nitrogens is 1. The number of benzene rings is 2. The van der Waals surface area contributed by atoms with E-state index in [1.54, 1.807) is 44.6 Å². The van der Waals surface area contributed by atoms with Crippen molar-refractivity contribution in [1.82, 2.24) is 4.90 Å². The minimum Gasteiger partial charge on any atom is -0.872 e. The van der Waals surface area contributed by atoms with E-state index in [1.165, 1.54) is 4.90 Å². The van der Waals surface area contributed by atoms with Crippen molar-refractivity contribution in [2.24, 2.45) is 0 Å². The number of aromatic amines is 1. The van der Waals surface area contributed by atoms with Crippen LogP contribution < -0.4 is 14.8 Å². The van der Waals surface area contributed by atoms with Gasteiger partial charge in [0.05, 0.1) is 19.7 Å². The summed E-state index contributed by atoms with van der Waals surface area (Å²) in [4.78, 5) is 30.6. The van der Waals surface area contributed by atoms with Gasteiger partial charge in [0.25, 0.3) is 5.91 Å². The van der Waals surface area contributed by atoms with Gasteiger partial charge in [0, 0.05) is 21.7 Å². The van der Waals surface area contributed by atoms with Crippen LogP contribution in [0.25, 0.3) is 5.76 Å². The number of hydrogen-bond donors (Lipinski definition) is 0. The predicted octanol–water partition coefficient (Wildman–Crippen LogP) is 3.00. The third-order valence-electron chi connectivity index (χ3n) is 5.50. The Morgan fingerprint density at radius 3 is 2.62 bits per heavy atom. The number of hydrogen-bond acceptors (Lipinski definition) is 4. The van der Waals surface area contributed by atoms with Crippen LogP contribution in [0.1, 0.15) is 28.3 Å². The van der Waals surface area contributed by atoms with Gasteiger partial charge in [-0.15, -0.1) is 0 Å². The van der Waals surface area contributed by atoms with Crippen LogP contribution in [0.4, 0.5) is 0 Å². The van der Waals surface area contributed by atoms with E-state index in [2.05, 4.69) is 20.9 Å². The number of aromatic nitrogens is 1. The van der Waals surface area contributed by atoms with Gasteiger partial charge >= 0.3 is 0 Å². The molecule has 0 spiro atoms. The Bertz CT molecular complexity index is 1220. The summed E-state index contributed by atoms with van der Waals surface area (Å²) in [5, 5.41) is 13.6. The standard InChI is InChI=1S/C25H21BrN2O4/c1-15-11-19(32-2)8-9-20(15)23(29)21-22(17-6-3-7-18(26)12-17)28(25(31)24(21)30)14-16-5-4-10-27-13-16/h3-13,22,29H,14H2,1-2H3/b23-21+. The zero-order valence-corrected chi connectivity index (χ0v) is 19.2. The molecule has 1 unspecified atom stereocenters. The second-order valence-corrected chi connectivity index (χ2v) is 8.47. The molecule has 6 nitrogen and oxygen atoms in total. The number of halogens is 1. The molecule has 1 saturated heterocycles. The first-order valence-corrected chi connectivity index (χ1v) is 10.8. The highest BCUT2D eigenvalue weighted by Crippen LogP contribution is 2.40. The van der Waals surface area contributed by atoms with Gasteiger partial charge < -0.3 is 14.7 Å². The maximum atomic E-state index is 13.6. The molecule has 1 aromatic heterocycles. The summed E-state index contributed by atoms with van der Waals surface area (Å²) in [6.45, 7) is 1.97. The van der Waals surface area contributed by atoms with Crippen molar-refractivity contribution in [3.05, 3.63) is 99.3 Å². The summed E-state index contributed by atoms with van der Waals surface area (Å²) in [6, 6.07) is 15.3. The lowest BCUT2D eigenvalue weighted by atomic mass is 9.94. The molecule has 1 atom stereocenters. The van der Waals surface area contributed by atoms with Crippen molar-refractivity contribution in [2.75, 3.05) is 7.11 Å². The molecule has 32 heavy (non-hydrogen) atoms. The van der Waals surface area contributed by atoms with E-state index in [0.29, 0.717) is 22.4 Å². The fraction of sp³-hybridized carbons (Fsp3) is 0.160. The van der Waals surface area contributed by atoms with Gasteiger partial charge in [-0.3, -0.25) is 9.59 Å². The average molecular weight is 493 g/mol. The van der Waals surface area contributed by atoms with Crippen LogP contribution in [0, 0.1) is 6.92 Å². The first kappa shape index (κ1) is 21.8. The van der Waals surface area contributed by atoms with Crippen LogP contribution >= 0.6 is 15.9 Å². The largest absolute Gasteiger partial charge is 0.872 e. The molecule has 7 heteroatoms. The van der Waals surface area contributed by atoms with Crippen LogP contribution in [0.15, 0.2) is 77.0 Å². The SMILES string of the molecule is COc1ccc(/C([O-])=C2\C(=O)C(=O)N(Cc3ccc[nH+]c3)C2c2cccc(Br)c2)c(C)c1. The Labute approximate surface area is 194 Å². The van der Waals surface area contributed by atoms with Crippen LogP contribution in [0.5, 0.6) is 5.75 Å². The lowest BCUT2D eigenvalue weighted by Gasteiger charge is -2.28. The number of amides is 1. The summed E-state index contributed by atoms with van der Waals surface area (Å²) >= 11 is 3.45. The van der Waals surface area contributed by atoms with E-state index in [4.69, 9.17) is 4.74 Å². The van der Waals surface area contributed by atoms with Gasteiger partial charge in [0.15, 0.2) is 12.4 Å². The quantitative estimate of drug-likeness (QED) is 0.311. The Morgan fingerprint density at radius 1 is 1.16 bits per heavy atom. The first-order valence-electron chi connectivity index (χ1n) is 10.0. The van der Waals surface area contributed by atoms with Crippen LogP contribution in [0.3, 0.4) is 0 Å². The van der Waals surface area contributed by atoms with E-state index in [1.807, 2.05) is 36.4 Å². The molecule has 4 rings (SSSR count). The van der Waals surface area contributed by atoms with Gasteiger partial charge in [-0.05, 0) is 53.9 Å². The number of ether oxygens (including phenoxy) is 1. The maximum absolute atomic E-state index is 13.6. The predicted molar refractivity (Wildman–Crippen MR) is 120 cm³/mol. The minimum absolute atomic E-state index is 0.0405. The van der Waals surface area contributed by atoms with E-state index in [-0.39, 0.29) is 12.1 Å². The first-order chi connectivity index (χ1) is 15.4. The van der Waals surface area contributed by atoms with Gasteiger partial charge in [-0.25, -0.2) is 4.98 Å². The van der Waals surface area contributed by atoms with Crippen LogP contribution in [-0.2, 0) is 16.1 Å². The molecule has 0 bridgehead atoms. The zero-order valence-electron chi connectivity index (χ0n) is 17.6. The Balaban J connectivity index is 1.88. The molecule has 0 radical (unpaired) electrons. The van der Waals surface area contributed by atoms with Gasteiger partial charge in [0.2, 0.25) is 5.78 Å². The minimum atomic E-state index is -0.790. The number of likely N-dealkylation sites (tertiary alicyclic amines) is 1. The highest BCUT2D eigenvalue weighted by atomic mass is 79.9. The van der Waals surface area contributed by atoms with Crippen molar-refractivity contribution in [2.45, 2.75) is 19.5 Å². The molecule has 0 aliphatic carbocycles. The Morgan fingerprint density at radius 2 is 1.97 bits per heavy atom. The summed E-state index contributed by atoms with van der Waals surface area (Å²) in [6.07, 6.45) is 3.53. The van der Waals surface area contributed by atoms with Crippen molar-refractivity contribution in [1.29, 1.82) is 0 Å². The summed E-state index contributed by atoms with van der Waals surface area (Å²) in [5.74, 6) is -1.29. The van der Waals surface area contributed by atoms with Gasteiger partial charge in [-0.1, -0.05) is 39.9 Å². The van der Waals surface area contributed by atoms with Crippen LogP contribution in [0.2, 0.25) is 0 Å².